The lowest BCUT2D eigenvalue weighted by Crippen LogP contribution is -2.48. The molecule has 2 amide bonds. The standard InChI is InChI=1S/C12H18N2O4/c1-3-10(15)14-6-4-5-9(7-14)11(16)13-8(2)12(17)18/h3,8-9H,1,4-7H2,2H3,(H,13,16)(H,17,18). The molecule has 0 bridgehead atoms. The number of carboxylic acid groups (broad SMARTS) is 1. The average molecular weight is 254 g/mol. The maximum atomic E-state index is 11.8. The van der Waals surface area contributed by atoms with Crippen molar-refractivity contribution in [1.29, 1.82) is 0 Å². The highest BCUT2D eigenvalue weighted by molar-refractivity contribution is 5.88. The number of carboxylic acids is 1. The van der Waals surface area contributed by atoms with E-state index in [4.69, 9.17) is 5.11 Å². The Hall–Kier alpha value is -1.85. The van der Waals surface area contributed by atoms with Gasteiger partial charge in [-0.3, -0.25) is 14.4 Å². The molecule has 0 aromatic carbocycles. The van der Waals surface area contributed by atoms with Crippen LogP contribution >= 0.6 is 0 Å². The normalized spacial score (nSPS) is 20.9. The zero-order valence-electron chi connectivity index (χ0n) is 10.4. The van der Waals surface area contributed by atoms with Crippen molar-refractivity contribution in [1.82, 2.24) is 10.2 Å². The van der Waals surface area contributed by atoms with Gasteiger partial charge in [0.1, 0.15) is 6.04 Å². The molecule has 0 saturated carbocycles. The predicted octanol–water partition coefficient (Wildman–Crippen LogP) is 0.000300. The molecule has 1 aliphatic rings. The second-order valence-corrected chi connectivity index (χ2v) is 4.40. The van der Waals surface area contributed by atoms with Crippen molar-refractivity contribution < 1.29 is 19.5 Å². The summed E-state index contributed by atoms with van der Waals surface area (Å²) in [6.07, 6.45) is 2.62. The molecule has 2 atom stereocenters. The Morgan fingerprint density at radius 1 is 1.50 bits per heavy atom. The Morgan fingerprint density at radius 2 is 2.17 bits per heavy atom. The second kappa shape index (κ2) is 6.18. The SMILES string of the molecule is C=CC(=O)N1CCCC(C(=O)NC(C)C(=O)O)C1. The maximum Gasteiger partial charge on any atom is 0.325 e. The van der Waals surface area contributed by atoms with Crippen LogP contribution in [0, 0.1) is 5.92 Å². The van der Waals surface area contributed by atoms with E-state index in [1.807, 2.05) is 0 Å². The minimum Gasteiger partial charge on any atom is -0.480 e. The monoisotopic (exact) mass is 254 g/mol. The van der Waals surface area contributed by atoms with E-state index >= 15 is 0 Å². The summed E-state index contributed by atoms with van der Waals surface area (Å²) in [4.78, 5) is 35.5. The Morgan fingerprint density at radius 3 is 2.72 bits per heavy atom. The van der Waals surface area contributed by atoms with E-state index in [0.29, 0.717) is 19.5 Å². The van der Waals surface area contributed by atoms with Gasteiger partial charge in [-0.25, -0.2) is 0 Å². The topological polar surface area (TPSA) is 86.7 Å². The van der Waals surface area contributed by atoms with E-state index in [0.717, 1.165) is 6.42 Å². The van der Waals surface area contributed by atoms with Crippen LogP contribution in [0.2, 0.25) is 0 Å². The van der Waals surface area contributed by atoms with Crippen LogP contribution in [0.15, 0.2) is 12.7 Å². The summed E-state index contributed by atoms with van der Waals surface area (Å²) in [6, 6.07) is -0.914. The first-order valence-corrected chi connectivity index (χ1v) is 5.90. The molecule has 100 valence electrons. The van der Waals surface area contributed by atoms with Crippen molar-refractivity contribution in [2.45, 2.75) is 25.8 Å². The molecule has 1 rings (SSSR count). The van der Waals surface area contributed by atoms with E-state index in [9.17, 15) is 14.4 Å². The third-order valence-corrected chi connectivity index (χ3v) is 3.01. The lowest BCUT2D eigenvalue weighted by molar-refractivity contribution is -0.142. The van der Waals surface area contributed by atoms with Crippen molar-refractivity contribution in [2.75, 3.05) is 13.1 Å². The Bertz CT molecular complexity index is 367. The molecule has 1 fully saturated rings. The van der Waals surface area contributed by atoms with Crippen LogP contribution in [0.1, 0.15) is 19.8 Å². The summed E-state index contributed by atoms with van der Waals surface area (Å²) in [5.41, 5.74) is 0. The number of amides is 2. The summed E-state index contributed by atoms with van der Waals surface area (Å²) < 4.78 is 0. The van der Waals surface area contributed by atoms with E-state index in [1.165, 1.54) is 13.0 Å². The molecule has 2 unspecified atom stereocenters. The van der Waals surface area contributed by atoms with Crippen LogP contribution in [-0.2, 0) is 14.4 Å². The van der Waals surface area contributed by atoms with E-state index < -0.39 is 12.0 Å². The molecule has 0 aromatic heterocycles. The summed E-state index contributed by atoms with van der Waals surface area (Å²) in [5, 5.41) is 11.1. The summed E-state index contributed by atoms with van der Waals surface area (Å²) in [5.74, 6) is -1.92. The third-order valence-electron chi connectivity index (χ3n) is 3.01. The first-order valence-electron chi connectivity index (χ1n) is 5.90. The lowest BCUT2D eigenvalue weighted by atomic mass is 9.96. The quantitative estimate of drug-likeness (QED) is 0.691. The van der Waals surface area contributed by atoms with Crippen LogP contribution in [0.3, 0.4) is 0 Å². The number of hydrogen-bond acceptors (Lipinski definition) is 3. The number of aliphatic carboxylic acids is 1. The Labute approximate surface area is 106 Å². The number of likely N-dealkylation sites (tertiary alicyclic amines) is 1. The Balaban J connectivity index is 2.55. The highest BCUT2D eigenvalue weighted by atomic mass is 16.4. The van der Waals surface area contributed by atoms with Gasteiger partial charge in [0, 0.05) is 13.1 Å². The molecule has 1 aliphatic heterocycles. The number of rotatable bonds is 4. The zero-order valence-corrected chi connectivity index (χ0v) is 10.4. The number of carbonyl (C=O) groups excluding carboxylic acids is 2. The van der Waals surface area contributed by atoms with Gasteiger partial charge in [-0.1, -0.05) is 6.58 Å². The number of nitrogens with one attached hydrogen (secondary N) is 1. The minimum absolute atomic E-state index is 0.196. The van der Waals surface area contributed by atoms with Gasteiger partial charge in [-0.15, -0.1) is 0 Å². The molecule has 6 heteroatoms. The minimum atomic E-state index is -1.07. The predicted molar refractivity (Wildman–Crippen MR) is 64.7 cm³/mol. The first kappa shape index (κ1) is 14.2. The molecule has 0 spiro atoms. The molecular weight excluding hydrogens is 236 g/mol. The molecule has 6 nitrogen and oxygen atoms in total. The van der Waals surface area contributed by atoms with Gasteiger partial charge in [-0.2, -0.15) is 0 Å². The van der Waals surface area contributed by atoms with Crippen molar-refractivity contribution in [3.63, 3.8) is 0 Å². The van der Waals surface area contributed by atoms with Crippen molar-refractivity contribution in [3.05, 3.63) is 12.7 Å². The van der Waals surface area contributed by atoms with E-state index in [-0.39, 0.29) is 17.7 Å². The third kappa shape index (κ3) is 3.58. The van der Waals surface area contributed by atoms with Crippen LogP contribution in [0.5, 0.6) is 0 Å². The van der Waals surface area contributed by atoms with Crippen molar-refractivity contribution in [2.24, 2.45) is 5.92 Å². The fourth-order valence-electron chi connectivity index (χ4n) is 1.91. The summed E-state index contributed by atoms with van der Waals surface area (Å²) >= 11 is 0. The summed E-state index contributed by atoms with van der Waals surface area (Å²) in [7, 11) is 0. The van der Waals surface area contributed by atoms with Gasteiger partial charge in [0.25, 0.3) is 0 Å². The van der Waals surface area contributed by atoms with Gasteiger partial charge in [0.05, 0.1) is 5.92 Å². The smallest absolute Gasteiger partial charge is 0.325 e. The largest absolute Gasteiger partial charge is 0.480 e. The molecule has 2 N–H and O–H groups in total. The number of nitrogens with zero attached hydrogens (tertiary/aromatic N) is 1. The number of hydrogen-bond donors (Lipinski definition) is 2. The maximum absolute atomic E-state index is 11.8. The highest BCUT2D eigenvalue weighted by Crippen LogP contribution is 2.17. The Kier molecular flexibility index (Phi) is 4.88. The first-order chi connectivity index (χ1) is 8.45. The van der Waals surface area contributed by atoms with Gasteiger partial charge in [0.15, 0.2) is 0 Å². The molecule has 0 aromatic rings. The van der Waals surface area contributed by atoms with E-state index in [2.05, 4.69) is 11.9 Å². The van der Waals surface area contributed by atoms with Crippen molar-refractivity contribution >= 4 is 17.8 Å². The van der Waals surface area contributed by atoms with E-state index in [1.54, 1.807) is 4.90 Å². The average Bonchev–Trinajstić information content (AvgIpc) is 2.37. The number of piperidine rings is 1. The zero-order chi connectivity index (χ0) is 13.7. The van der Waals surface area contributed by atoms with Crippen LogP contribution in [0.25, 0.3) is 0 Å². The summed E-state index contributed by atoms with van der Waals surface area (Å²) in [6.45, 7) is 5.76. The van der Waals surface area contributed by atoms with Gasteiger partial charge >= 0.3 is 5.97 Å². The fourth-order valence-corrected chi connectivity index (χ4v) is 1.91. The van der Waals surface area contributed by atoms with Gasteiger partial charge < -0.3 is 15.3 Å². The molecule has 1 heterocycles. The molecule has 0 aliphatic carbocycles. The highest BCUT2D eigenvalue weighted by Gasteiger charge is 2.28. The second-order valence-electron chi connectivity index (χ2n) is 4.40. The molecule has 1 saturated heterocycles. The van der Waals surface area contributed by atoms with Crippen LogP contribution < -0.4 is 5.32 Å². The fraction of sp³-hybridized carbons (Fsp3) is 0.583. The molecule has 0 radical (unpaired) electrons. The number of carbonyl (C=O) groups is 3. The van der Waals surface area contributed by atoms with Crippen LogP contribution in [0.4, 0.5) is 0 Å². The van der Waals surface area contributed by atoms with Crippen LogP contribution in [-0.4, -0.2) is 46.9 Å². The van der Waals surface area contributed by atoms with Gasteiger partial charge in [-0.05, 0) is 25.8 Å². The van der Waals surface area contributed by atoms with Crippen molar-refractivity contribution in [3.8, 4) is 0 Å². The molecular formula is C12H18N2O4. The molecule has 18 heavy (non-hydrogen) atoms. The lowest BCUT2D eigenvalue weighted by Gasteiger charge is -2.31. The van der Waals surface area contributed by atoms with Gasteiger partial charge in [0.2, 0.25) is 11.8 Å².